The van der Waals surface area contributed by atoms with Gasteiger partial charge in [-0.3, -0.25) is 4.79 Å². The molecule has 1 aromatic carbocycles. The largest absolute Gasteiger partial charge is 0.328 e. The predicted molar refractivity (Wildman–Crippen MR) is 81.3 cm³/mol. The maximum Gasteiger partial charge on any atom is 0.240 e. The van der Waals surface area contributed by atoms with Gasteiger partial charge in [-0.25, -0.2) is 13.1 Å². The Balaban J connectivity index is 2.02. The standard InChI is InChI=1S/C14H21N3O3S/c1-16-21(19,20)13-7-5-12(6-8-13)17-14(18)10-3-2-4-11(15)9-10/h5-8,10-11,16H,2-4,9,15H2,1H3,(H,17,18). The lowest BCUT2D eigenvalue weighted by molar-refractivity contribution is -0.120. The summed E-state index contributed by atoms with van der Waals surface area (Å²) in [5.74, 6) is -0.108. The van der Waals surface area contributed by atoms with Crippen molar-refractivity contribution in [3.63, 3.8) is 0 Å². The van der Waals surface area contributed by atoms with Crippen molar-refractivity contribution >= 4 is 21.6 Å². The highest BCUT2D eigenvalue weighted by Crippen LogP contribution is 2.24. The van der Waals surface area contributed by atoms with Crippen LogP contribution >= 0.6 is 0 Å². The Morgan fingerprint density at radius 3 is 2.48 bits per heavy atom. The van der Waals surface area contributed by atoms with Crippen LogP contribution in [0.3, 0.4) is 0 Å². The molecule has 7 heteroatoms. The van der Waals surface area contributed by atoms with Crippen LogP contribution in [0.15, 0.2) is 29.2 Å². The molecule has 21 heavy (non-hydrogen) atoms. The number of hydrogen-bond acceptors (Lipinski definition) is 4. The number of benzene rings is 1. The van der Waals surface area contributed by atoms with E-state index in [0.29, 0.717) is 12.1 Å². The first-order valence-electron chi connectivity index (χ1n) is 7.02. The molecule has 2 unspecified atom stereocenters. The van der Waals surface area contributed by atoms with Gasteiger partial charge in [-0.05, 0) is 50.6 Å². The summed E-state index contributed by atoms with van der Waals surface area (Å²) in [6.45, 7) is 0. The zero-order valence-electron chi connectivity index (χ0n) is 12.0. The second-order valence-corrected chi connectivity index (χ2v) is 7.23. The van der Waals surface area contributed by atoms with Gasteiger partial charge in [-0.1, -0.05) is 6.42 Å². The molecule has 2 rings (SSSR count). The van der Waals surface area contributed by atoms with Crippen LogP contribution in [0.5, 0.6) is 0 Å². The molecule has 0 radical (unpaired) electrons. The van der Waals surface area contributed by atoms with Crippen molar-refractivity contribution in [2.24, 2.45) is 11.7 Å². The van der Waals surface area contributed by atoms with E-state index in [4.69, 9.17) is 5.73 Å². The maximum atomic E-state index is 12.2. The van der Waals surface area contributed by atoms with E-state index in [1.54, 1.807) is 12.1 Å². The molecular formula is C14H21N3O3S. The molecule has 116 valence electrons. The van der Waals surface area contributed by atoms with Crippen LogP contribution in [-0.4, -0.2) is 27.4 Å². The second-order valence-electron chi connectivity index (χ2n) is 5.34. The van der Waals surface area contributed by atoms with E-state index in [9.17, 15) is 13.2 Å². The van der Waals surface area contributed by atoms with Crippen LogP contribution in [0.25, 0.3) is 0 Å². The highest BCUT2D eigenvalue weighted by atomic mass is 32.2. The summed E-state index contributed by atoms with van der Waals surface area (Å²) in [5.41, 5.74) is 6.48. The van der Waals surface area contributed by atoms with Crippen molar-refractivity contribution in [1.82, 2.24) is 4.72 Å². The highest BCUT2D eigenvalue weighted by molar-refractivity contribution is 7.89. The molecule has 0 spiro atoms. The molecule has 1 amide bonds. The molecule has 1 fully saturated rings. The zero-order valence-corrected chi connectivity index (χ0v) is 12.8. The molecule has 0 heterocycles. The van der Waals surface area contributed by atoms with Gasteiger partial charge in [0.15, 0.2) is 0 Å². The van der Waals surface area contributed by atoms with Gasteiger partial charge in [-0.2, -0.15) is 0 Å². The minimum Gasteiger partial charge on any atom is -0.328 e. The monoisotopic (exact) mass is 311 g/mol. The summed E-state index contributed by atoms with van der Waals surface area (Å²) < 4.78 is 25.5. The molecule has 0 aliphatic heterocycles. The SMILES string of the molecule is CNS(=O)(=O)c1ccc(NC(=O)C2CCCC(N)C2)cc1. The third-order valence-corrected chi connectivity index (χ3v) is 5.22. The number of nitrogens with two attached hydrogens (primary N) is 1. The molecule has 6 nitrogen and oxygen atoms in total. The number of anilines is 1. The molecule has 0 saturated heterocycles. The smallest absolute Gasteiger partial charge is 0.240 e. The molecule has 4 N–H and O–H groups in total. The van der Waals surface area contributed by atoms with Crippen molar-refractivity contribution in [1.29, 1.82) is 0 Å². The van der Waals surface area contributed by atoms with Gasteiger partial charge in [0.1, 0.15) is 0 Å². The summed E-state index contributed by atoms with van der Waals surface area (Å²) >= 11 is 0. The summed E-state index contributed by atoms with van der Waals surface area (Å²) in [4.78, 5) is 12.3. The topological polar surface area (TPSA) is 101 Å². The molecule has 2 atom stereocenters. The normalized spacial score (nSPS) is 22.8. The van der Waals surface area contributed by atoms with Crippen LogP contribution in [0.4, 0.5) is 5.69 Å². The fourth-order valence-corrected chi connectivity index (χ4v) is 3.28. The van der Waals surface area contributed by atoms with Crippen molar-refractivity contribution in [3.05, 3.63) is 24.3 Å². The van der Waals surface area contributed by atoms with Crippen LogP contribution < -0.4 is 15.8 Å². The van der Waals surface area contributed by atoms with E-state index in [2.05, 4.69) is 10.0 Å². The van der Waals surface area contributed by atoms with Crippen LogP contribution in [0, 0.1) is 5.92 Å². The van der Waals surface area contributed by atoms with Gasteiger partial charge < -0.3 is 11.1 Å². The lowest BCUT2D eigenvalue weighted by Crippen LogP contribution is -2.34. The lowest BCUT2D eigenvalue weighted by Gasteiger charge is -2.25. The van der Waals surface area contributed by atoms with E-state index in [1.165, 1.54) is 19.2 Å². The Labute approximate surface area is 125 Å². The average molecular weight is 311 g/mol. The van der Waals surface area contributed by atoms with Gasteiger partial charge >= 0.3 is 0 Å². The molecule has 1 aliphatic rings. The molecular weight excluding hydrogens is 290 g/mol. The van der Waals surface area contributed by atoms with E-state index >= 15 is 0 Å². The van der Waals surface area contributed by atoms with E-state index < -0.39 is 10.0 Å². The molecule has 1 aromatic rings. The summed E-state index contributed by atoms with van der Waals surface area (Å²) in [7, 11) is -2.09. The number of sulfonamides is 1. The first kappa shape index (κ1) is 15.9. The van der Waals surface area contributed by atoms with Gasteiger partial charge in [0, 0.05) is 17.6 Å². The van der Waals surface area contributed by atoms with Crippen molar-refractivity contribution < 1.29 is 13.2 Å². The Morgan fingerprint density at radius 2 is 1.90 bits per heavy atom. The first-order valence-corrected chi connectivity index (χ1v) is 8.51. The lowest BCUT2D eigenvalue weighted by atomic mass is 9.85. The minimum atomic E-state index is -3.45. The molecule has 0 aromatic heterocycles. The Kier molecular flexibility index (Phi) is 4.97. The van der Waals surface area contributed by atoms with Gasteiger partial charge in [0.05, 0.1) is 4.90 Å². The van der Waals surface area contributed by atoms with E-state index in [-0.39, 0.29) is 22.8 Å². The zero-order chi connectivity index (χ0) is 15.5. The fourth-order valence-electron chi connectivity index (χ4n) is 2.55. The number of nitrogens with one attached hydrogen (secondary N) is 2. The van der Waals surface area contributed by atoms with E-state index in [1.807, 2.05) is 0 Å². The maximum absolute atomic E-state index is 12.2. The molecule has 0 bridgehead atoms. The summed E-state index contributed by atoms with van der Waals surface area (Å²) in [5, 5.41) is 2.82. The molecule has 1 aliphatic carbocycles. The third-order valence-electron chi connectivity index (χ3n) is 3.79. The third kappa shape index (κ3) is 4.03. The number of amides is 1. The highest BCUT2D eigenvalue weighted by Gasteiger charge is 2.25. The first-order chi connectivity index (χ1) is 9.92. The van der Waals surface area contributed by atoms with Crippen molar-refractivity contribution in [3.8, 4) is 0 Å². The summed E-state index contributed by atoms with van der Waals surface area (Å²) in [6, 6.07) is 6.20. The van der Waals surface area contributed by atoms with Crippen LogP contribution in [-0.2, 0) is 14.8 Å². The Hall–Kier alpha value is -1.44. The molecule has 1 saturated carbocycles. The minimum absolute atomic E-state index is 0.0469. The average Bonchev–Trinajstić information content (AvgIpc) is 2.48. The van der Waals surface area contributed by atoms with Gasteiger partial charge in [0.25, 0.3) is 0 Å². The van der Waals surface area contributed by atoms with E-state index in [0.717, 1.165) is 19.3 Å². The number of carbonyl (C=O) groups excluding carboxylic acids is 1. The summed E-state index contributed by atoms with van der Waals surface area (Å²) in [6.07, 6.45) is 3.50. The number of carbonyl (C=O) groups is 1. The second kappa shape index (κ2) is 6.55. The fraction of sp³-hybridized carbons (Fsp3) is 0.500. The van der Waals surface area contributed by atoms with Crippen molar-refractivity contribution in [2.75, 3.05) is 12.4 Å². The number of hydrogen-bond donors (Lipinski definition) is 3. The van der Waals surface area contributed by atoms with Crippen LogP contribution in [0.2, 0.25) is 0 Å². The number of rotatable bonds is 4. The van der Waals surface area contributed by atoms with Gasteiger partial charge in [-0.15, -0.1) is 0 Å². The van der Waals surface area contributed by atoms with Crippen molar-refractivity contribution in [2.45, 2.75) is 36.6 Å². The Morgan fingerprint density at radius 1 is 1.24 bits per heavy atom. The van der Waals surface area contributed by atoms with Gasteiger partial charge in [0.2, 0.25) is 15.9 Å². The Bertz CT molecular complexity index is 598. The predicted octanol–water partition coefficient (Wildman–Crippen LogP) is 1.05. The quantitative estimate of drug-likeness (QED) is 0.773. The van der Waals surface area contributed by atoms with Crippen LogP contribution in [0.1, 0.15) is 25.7 Å².